The lowest BCUT2D eigenvalue weighted by Gasteiger charge is -2.11. The Bertz CT molecular complexity index is 531. The van der Waals surface area contributed by atoms with Crippen molar-refractivity contribution in [2.45, 2.75) is 12.7 Å². The predicted octanol–water partition coefficient (Wildman–Crippen LogP) is 2.27. The standard InChI is InChI=1S/C17H21NO3/c18-12-17(19)15-7-4-8-16(11-15)21-10-9-20-13-14-5-2-1-3-6-14/h1-8,11,17,19H,9-10,12-13,18H2. The highest BCUT2D eigenvalue weighted by Crippen LogP contribution is 2.18. The minimum Gasteiger partial charge on any atom is -0.491 e. The van der Waals surface area contributed by atoms with Gasteiger partial charge in [0.2, 0.25) is 0 Å². The molecule has 0 bridgehead atoms. The zero-order chi connectivity index (χ0) is 14.9. The quantitative estimate of drug-likeness (QED) is 0.731. The molecule has 1 atom stereocenters. The lowest BCUT2D eigenvalue weighted by Crippen LogP contribution is -2.12. The SMILES string of the molecule is NCC(O)c1cccc(OCCOCc2ccccc2)c1. The van der Waals surface area contributed by atoms with E-state index in [1.807, 2.05) is 48.5 Å². The normalized spacial score (nSPS) is 12.1. The Morgan fingerprint density at radius 1 is 1.00 bits per heavy atom. The van der Waals surface area contributed by atoms with Crippen LogP contribution in [0.1, 0.15) is 17.2 Å². The van der Waals surface area contributed by atoms with E-state index in [2.05, 4.69) is 0 Å². The first-order valence-electron chi connectivity index (χ1n) is 7.02. The average Bonchev–Trinajstić information content (AvgIpc) is 2.55. The molecule has 2 aromatic rings. The molecule has 21 heavy (non-hydrogen) atoms. The smallest absolute Gasteiger partial charge is 0.119 e. The van der Waals surface area contributed by atoms with E-state index >= 15 is 0 Å². The Morgan fingerprint density at radius 3 is 2.57 bits per heavy atom. The Morgan fingerprint density at radius 2 is 1.81 bits per heavy atom. The Labute approximate surface area is 125 Å². The molecular formula is C17H21NO3. The molecule has 2 aromatic carbocycles. The fraction of sp³-hybridized carbons (Fsp3) is 0.294. The van der Waals surface area contributed by atoms with Crippen molar-refractivity contribution in [2.24, 2.45) is 5.73 Å². The number of rotatable bonds is 8. The third-order valence-corrected chi connectivity index (χ3v) is 3.07. The largest absolute Gasteiger partial charge is 0.491 e. The molecule has 0 spiro atoms. The molecule has 0 aliphatic carbocycles. The van der Waals surface area contributed by atoms with Gasteiger partial charge in [-0.05, 0) is 23.3 Å². The van der Waals surface area contributed by atoms with E-state index in [1.54, 1.807) is 6.07 Å². The molecule has 0 radical (unpaired) electrons. The zero-order valence-corrected chi connectivity index (χ0v) is 11.9. The van der Waals surface area contributed by atoms with Crippen LogP contribution >= 0.6 is 0 Å². The van der Waals surface area contributed by atoms with Gasteiger partial charge in [0.25, 0.3) is 0 Å². The first-order valence-corrected chi connectivity index (χ1v) is 7.02. The molecule has 0 saturated carbocycles. The van der Waals surface area contributed by atoms with Crippen molar-refractivity contribution in [3.8, 4) is 5.75 Å². The molecule has 0 saturated heterocycles. The summed E-state index contributed by atoms with van der Waals surface area (Å²) in [7, 11) is 0. The summed E-state index contributed by atoms with van der Waals surface area (Å²) in [5, 5.41) is 9.68. The van der Waals surface area contributed by atoms with Crippen LogP contribution in [0, 0.1) is 0 Å². The van der Waals surface area contributed by atoms with Gasteiger partial charge in [-0.15, -0.1) is 0 Å². The predicted molar refractivity (Wildman–Crippen MR) is 82.0 cm³/mol. The second kappa shape index (κ2) is 8.42. The number of hydrogen-bond acceptors (Lipinski definition) is 4. The van der Waals surface area contributed by atoms with Gasteiger partial charge in [0.05, 0.1) is 19.3 Å². The van der Waals surface area contributed by atoms with Gasteiger partial charge in [0.1, 0.15) is 12.4 Å². The molecule has 1 unspecified atom stereocenters. The molecule has 2 rings (SSSR count). The van der Waals surface area contributed by atoms with Crippen molar-refractivity contribution in [1.29, 1.82) is 0 Å². The van der Waals surface area contributed by atoms with E-state index in [9.17, 15) is 5.11 Å². The summed E-state index contributed by atoms with van der Waals surface area (Å²) in [6.45, 7) is 1.76. The zero-order valence-electron chi connectivity index (χ0n) is 11.9. The maximum atomic E-state index is 9.68. The van der Waals surface area contributed by atoms with E-state index in [0.29, 0.717) is 25.6 Å². The van der Waals surface area contributed by atoms with Crippen LogP contribution in [0.5, 0.6) is 5.75 Å². The van der Waals surface area contributed by atoms with E-state index in [-0.39, 0.29) is 6.54 Å². The first-order chi connectivity index (χ1) is 10.3. The third-order valence-electron chi connectivity index (χ3n) is 3.07. The molecule has 112 valence electrons. The van der Waals surface area contributed by atoms with Crippen LogP contribution in [0.2, 0.25) is 0 Å². The summed E-state index contributed by atoms with van der Waals surface area (Å²) >= 11 is 0. The lowest BCUT2D eigenvalue weighted by molar-refractivity contribution is 0.0888. The van der Waals surface area contributed by atoms with Gasteiger partial charge in [-0.2, -0.15) is 0 Å². The van der Waals surface area contributed by atoms with Crippen LogP contribution < -0.4 is 10.5 Å². The molecule has 4 heteroatoms. The molecule has 0 aliphatic heterocycles. The second-order valence-electron chi connectivity index (χ2n) is 4.71. The summed E-state index contributed by atoms with van der Waals surface area (Å²) in [4.78, 5) is 0. The average molecular weight is 287 g/mol. The summed E-state index contributed by atoms with van der Waals surface area (Å²) in [5.74, 6) is 0.711. The molecular weight excluding hydrogens is 266 g/mol. The highest BCUT2D eigenvalue weighted by atomic mass is 16.5. The number of hydrogen-bond donors (Lipinski definition) is 2. The molecule has 0 fully saturated rings. The van der Waals surface area contributed by atoms with Crippen molar-refractivity contribution in [1.82, 2.24) is 0 Å². The summed E-state index contributed by atoms with van der Waals surface area (Å²) in [5.41, 5.74) is 7.35. The molecule has 0 aromatic heterocycles. The van der Waals surface area contributed by atoms with Gasteiger partial charge in [-0.3, -0.25) is 0 Å². The van der Waals surface area contributed by atoms with Crippen LogP contribution in [0.3, 0.4) is 0 Å². The van der Waals surface area contributed by atoms with Gasteiger partial charge < -0.3 is 20.3 Å². The monoisotopic (exact) mass is 287 g/mol. The van der Waals surface area contributed by atoms with Crippen LogP contribution in [-0.4, -0.2) is 24.9 Å². The maximum absolute atomic E-state index is 9.68. The highest BCUT2D eigenvalue weighted by molar-refractivity contribution is 5.30. The third kappa shape index (κ3) is 5.19. The van der Waals surface area contributed by atoms with E-state index in [0.717, 1.165) is 11.1 Å². The van der Waals surface area contributed by atoms with Gasteiger partial charge in [0, 0.05) is 6.54 Å². The molecule has 0 aliphatic rings. The van der Waals surface area contributed by atoms with Gasteiger partial charge >= 0.3 is 0 Å². The van der Waals surface area contributed by atoms with Crippen LogP contribution in [-0.2, 0) is 11.3 Å². The van der Waals surface area contributed by atoms with Crippen molar-refractivity contribution in [3.63, 3.8) is 0 Å². The van der Waals surface area contributed by atoms with Crippen LogP contribution in [0.15, 0.2) is 54.6 Å². The fourth-order valence-electron chi connectivity index (χ4n) is 1.93. The number of nitrogens with two attached hydrogens (primary N) is 1. The van der Waals surface area contributed by atoms with E-state index < -0.39 is 6.10 Å². The minimum atomic E-state index is -0.650. The number of benzene rings is 2. The van der Waals surface area contributed by atoms with Gasteiger partial charge in [-0.25, -0.2) is 0 Å². The number of aliphatic hydroxyl groups is 1. The van der Waals surface area contributed by atoms with Gasteiger partial charge in [-0.1, -0.05) is 42.5 Å². The Kier molecular flexibility index (Phi) is 6.22. The Balaban J connectivity index is 1.71. The van der Waals surface area contributed by atoms with Crippen LogP contribution in [0.25, 0.3) is 0 Å². The number of ether oxygens (including phenoxy) is 2. The van der Waals surface area contributed by atoms with Crippen molar-refractivity contribution in [2.75, 3.05) is 19.8 Å². The van der Waals surface area contributed by atoms with E-state index in [1.165, 1.54) is 0 Å². The molecule has 0 amide bonds. The second-order valence-corrected chi connectivity index (χ2v) is 4.71. The summed E-state index contributed by atoms with van der Waals surface area (Å²) in [6, 6.07) is 17.3. The summed E-state index contributed by atoms with van der Waals surface area (Å²) < 4.78 is 11.1. The number of aliphatic hydroxyl groups excluding tert-OH is 1. The fourth-order valence-corrected chi connectivity index (χ4v) is 1.93. The minimum absolute atomic E-state index is 0.198. The van der Waals surface area contributed by atoms with E-state index in [4.69, 9.17) is 15.2 Å². The first kappa shape index (κ1) is 15.5. The van der Waals surface area contributed by atoms with Crippen molar-refractivity contribution in [3.05, 3.63) is 65.7 Å². The summed E-state index contributed by atoms with van der Waals surface area (Å²) in [6.07, 6.45) is -0.650. The molecule has 3 N–H and O–H groups in total. The van der Waals surface area contributed by atoms with Gasteiger partial charge in [0.15, 0.2) is 0 Å². The van der Waals surface area contributed by atoms with Crippen LogP contribution in [0.4, 0.5) is 0 Å². The van der Waals surface area contributed by atoms with Crippen molar-refractivity contribution >= 4 is 0 Å². The molecule has 0 heterocycles. The molecule has 4 nitrogen and oxygen atoms in total. The lowest BCUT2D eigenvalue weighted by atomic mass is 10.1. The maximum Gasteiger partial charge on any atom is 0.119 e. The Hall–Kier alpha value is -1.88. The van der Waals surface area contributed by atoms with Crippen molar-refractivity contribution < 1.29 is 14.6 Å². The topological polar surface area (TPSA) is 64.7 Å². The highest BCUT2D eigenvalue weighted by Gasteiger charge is 2.05.